The van der Waals surface area contributed by atoms with Crippen LogP contribution in [0.15, 0.2) is 79.4 Å². The van der Waals surface area contributed by atoms with Crippen LogP contribution in [0.2, 0.25) is 5.02 Å². The normalized spacial score (nSPS) is 13.6. The van der Waals surface area contributed by atoms with Crippen LogP contribution < -0.4 is 15.4 Å². The Morgan fingerprint density at radius 3 is 2.73 bits per heavy atom. The van der Waals surface area contributed by atoms with E-state index in [4.69, 9.17) is 21.1 Å². The number of rotatable bonds is 11. The van der Waals surface area contributed by atoms with Crippen LogP contribution in [-0.4, -0.2) is 70.0 Å². The van der Waals surface area contributed by atoms with Crippen molar-refractivity contribution in [1.82, 2.24) is 24.8 Å². The summed E-state index contributed by atoms with van der Waals surface area (Å²) in [4.78, 5) is 24.2. The molecule has 1 aliphatic rings. The molecule has 0 spiro atoms. The fraction of sp³-hybridized carbons (Fsp3) is 0.242. The van der Waals surface area contributed by atoms with Crippen molar-refractivity contribution in [2.75, 3.05) is 44.9 Å². The Labute approximate surface area is 264 Å². The number of amides is 1. The average molecular weight is 631 g/mol. The van der Waals surface area contributed by atoms with Crippen LogP contribution in [0.3, 0.4) is 0 Å². The largest absolute Gasteiger partial charge is 0.487 e. The molecular formula is C33H32ClFN6O4. The lowest BCUT2D eigenvalue weighted by atomic mass is 10.1. The van der Waals surface area contributed by atoms with Gasteiger partial charge in [0, 0.05) is 48.9 Å². The quantitative estimate of drug-likeness (QED) is 0.185. The SMILES string of the molecule is O=C(NCN1CCOCC1)c1cn(-c2ccc3ncnc(Nc4ccc(OCc5cccc(F)c5)c(Cl)c4)c3c2)cc1CCO. The van der Waals surface area contributed by atoms with Crippen molar-refractivity contribution < 1.29 is 23.8 Å². The van der Waals surface area contributed by atoms with Crippen LogP contribution in [0, 0.1) is 5.82 Å². The fourth-order valence-corrected chi connectivity index (χ4v) is 5.37. The monoisotopic (exact) mass is 630 g/mol. The number of aliphatic hydroxyl groups is 1. The molecule has 3 N–H and O–H groups in total. The maximum Gasteiger partial charge on any atom is 0.254 e. The zero-order chi connectivity index (χ0) is 31.2. The summed E-state index contributed by atoms with van der Waals surface area (Å²) in [5.41, 5.74) is 4.16. The van der Waals surface area contributed by atoms with Crippen LogP contribution in [0.1, 0.15) is 21.5 Å². The van der Waals surface area contributed by atoms with E-state index in [1.54, 1.807) is 30.5 Å². The number of fused-ring (bicyclic) bond motifs is 1. The summed E-state index contributed by atoms with van der Waals surface area (Å²) in [6, 6.07) is 17.3. The van der Waals surface area contributed by atoms with Crippen molar-refractivity contribution in [2.24, 2.45) is 0 Å². The maximum absolute atomic E-state index is 13.5. The fourth-order valence-electron chi connectivity index (χ4n) is 5.13. The van der Waals surface area contributed by atoms with Crippen LogP contribution in [0.4, 0.5) is 15.9 Å². The molecule has 0 radical (unpaired) electrons. The summed E-state index contributed by atoms with van der Waals surface area (Å²) in [6.45, 7) is 3.36. The number of nitrogens with zero attached hydrogens (tertiary/aromatic N) is 4. The standard InChI is InChI=1S/C33H32ClFN6O4/c34-29-15-25(4-7-31(29)45-19-22-2-1-3-24(35)14-22)39-32-27-16-26(5-6-30(27)36-20-37-32)41-17-23(8-11-42)28(18-41)33(43)38-21-40-9-12-44-13-10-40/h1-7,14-18,20,42H,8-13,19,21H2,(H,38,43)(H,36,37,39). The van der Waals surface area contributed by atoms with E-state index in [0.717, 1.165) is 35.2 Å². The van der Waals surface area contributed by atoms with Crippen molar-refractivity contribution >= 4 is 39.9 Å². The molecule has 0 bridgehead atoms. The number of ether oxygens (including phenoxy) is 2. The van der Waals surface area contributed by atoms with Crippen LogP contribution in [0.5, 0.6) is 5.75 Å². The van der Waals surface area contributed by atoms with E-state index in [-0.39, 0.29) is 24.9 Å². The average Bonchev–Trinajstić information content (AvgIpc) is 3.48. The zero-order valence-electron chi connectivity index (χ0n) is 24.4. The first-order valence-corrected chi connectivity index (χ1v) is 14.9. The van der Waals surface area contributed by atoms with Crippen molar-refractivity contribution in [1.29, 1.82) is 0 Å². The molecule has 10 nitrogen and oxygen atoms in total. The molecule has 1 fully saturated rings. The lowest BCUT2D eigenvalue weighted by Gasteiger charge is -2.26. The first-order valence-electron chi connectivity index (χ1n) is 14.6. The van der Waals surface area contributed by atoms with E-state index in [9.17, 15) is 14.3 Å². The van der Waals surface area contributed by atoms with Crippen molar-refractivity contribution in [3.8, 4) is 11.4 Å². The predicted molar refractivity (Wildman–Crippen MR) is 170 cm³/mol. The lowest BCUT2D eigenvalue weighted by molar-refractivity contribution is 0.0334. The van der Waals surface area contributed by atoms with E-state index in [1.807, 2.05) is 35.0 Å². The van der Waals surface area contributed by atoms with Crippen molar-refractivity contribution in [3.63, 3.8) is 0 Å². The molecule has 12 heteroatoms. The molecule has 3 aromatic carbocycles. The molecule has 45 heavy (non-hydrogen) atoms. The van der Waals surface area contributed by atoms with Crippen molar-refractivity contribution in [2.45, 2.75) is 13.0 Å². The number of benzene rings is 3. The molecule has 1 amide bonds. The van der Waals surface area contributed by atoms with Gasteiger partial charge in [-0.3, -0.25) is 9.69 Å². The summed E-state index contributed by atoms with van der Waals surface area (Å²) < 4.78 is 26.6. The molecule has 0 unspecified atom stereocenters. The molecule has 0 atom stereocenters. The minimum atomic E-state index is -0.324. The van der Waals surface area contributed by atoms with E-state index >= 15 is 0 Å². The Hall–Kier alpha value is -4.55. The molecule has 0 aliphatic carbocycles. The Morgan fingerprint density at radius 2 is 1.93 bits per heavy atom. The number of carbonyl (C=O) groups is 1. The topological polar surface area (TPSA) is 114 Å². The number of carbonyl (C=O) groups excluding carboxylic acids is 1. The Kier molecular flexibility index (Phi) is 9.51. The van der Waals surface area contributed by atoms with Crippen LogP contribution in [0.25, 0.3) is 16.6 Å². The van der Waals surface area contributed by atoms with E-state index in [0.29, 0.717) is 59.7 Å². The third-order valence-electron chi connectivity index (χ3n) is 7.50. The molecule has 232 valence electrons. The van der Waals surface area contributed by atoms with Gasteiger partial charge in [-0.15, -0.1) is 0 Å². The third kappa shape index (κ3) is 7.40. The first kappa shape index (κ1) is 30.5. The number of aromatic nitrogens is 3. The summed E-state index contributed by atoms with van der Waals surface area (Å²) in [6.07, 6.45) is 5.47. The van der Waals surface area contributed by atoms with Gasteiger partial charge in [-0.25, -0.2) is 14.4 Å². The molecular weight excluding hydrogens is 599 g/mol. The Balaban J connectivity index is 1.20. The van der Waals surface area contributed by atoms with Crippen LogP contribution >= 0.6 is 11.6 Å². The Morgan fingerprint density at radius 1 is 1.07 bits per heavy atom. The highest BCUT2D eigenvalue weighted by atomic mass is 35.5. The highest BCUT2D eigenvalue weighted by molar-refractivity contribution is 6.32. The molecule has 2 aromatic heterocycles. The van der Waals surface area contributed by atoms with Gasteiger partial charge in [-0.05, 0) is 66.1 Å². The molecule has 1 aliphatic heterocycles. The first-order chi connectivity index (χ1) is 22.0. The highest BCUT2D eigenvalue weighted by Gasteiger charge is 2.18. The van der Waals surface area contributed by atoms with Gasteiger partial charge >= 0.3 is 0 Å². The van der Waals surface area contributed by atoms with E-state index in [2.05, 4.69) is 25.5 Å². The summed E-state index contributed by atoms with van der Waals surface area (Å²) in [5, 5.41) is 17.1. The second kappa shape index (κ2) is 14.0. The zero-order valence-corrected chi connectivity index (χ0v) is 25.1. The van der Waals surface area contributed by atoms with Gasteiger partial charge in [0.2, 0.25) is 0 Å². The molecule has 0 saturated carbocycles. The molecule has 5 aromatic rings. The minimum Gasteiger partial charge on any atom is -0.487 e. The number of morpholine rings is 1. The summed E-state index contributed by atoms with van der Waals surface area (Å²) in [5.74, 6) is 0.514. The lowest BCUT2D eigenvalue weighted by Crippen LogP contribution is -2.43. The summed E-state index contributed by atoms with van der Waals surface area (Å²) >= 11 is 6.52. The number of nitrogens with one attached hydrogen (secondary N) is 2. The van der Waals surface area contributed by atoms with Gasteiger partial charge in [0.15, 0.2) is 0 Å². The van der Waals surface area contributed by atoms with Gasteiger partial charge in [-0.2, -0.15) is 0 Å². The summed E-state index contributed by atoms with van der Waals surface area (Å²) in [7, 11) is 0. The van der Waals surface area contributed by atoms with Crippen LogP contribution in [-0.2, 0) is 17.8 Å². The second-order valence-electron chi connectivity index (χ2n) is 10.6. The van der Waals surface area contributed by atoms with Gasteiger partial charge in [-0.1, -0.05) is 23.7 Å². The minimum absolute atomic E-state index is 0.0788. The maximum atomic E-state index is 13.5. The highest BCUT2D eigenvalue weighted by Crippen LogP contribution is 2.32. The predicted octanol–water partition coefficient (Wildman–Crippen LogP) is 5.09. The number of hydrogen-bond donors (Lipinski definition) is 3. The van der Waals surface area contributed by atoms with E-state index < -0.39 is 0 Å². The van der Waals surface area contributed by atoms with Gasteiger partial charge < -0.3 is 29.8 Å². The van der Waals surface area contributed by atoms with Gasteiger partial charge in [0.25, 0.3) is 5.91 Å². The van der Waals surface area contributed by atoms with Gasteiger partial charge in [0.1, 0.15) is 30.3 Å². The number of hydrogen-bond acceptors (Lipinski definition) is 8. The number of halogens is 2. The van der Waals surface area contributed by atoms with Crippen molar-refractivity contribution in [3.05, 3.63) is 107 Å². The Bertz CT molecular complexity index is 1810. The number of aliphatic hydroxyl groups excluding tert-OH is 1. The molecule has 6 rings (SSSR count). The molecule has 3 heterocycles. The van der Waals surface area contributed by atoms with E-state index in [1.165, 1.54) is 18.5 Å². The third-order valence-corrected chi connectivity index (χ3v) is 7.79. The van der Waals surface area contributed by atoms with Gasteiger partial charge in [0.05, 0.1) is 36.0 Å². The molecule has 1 saturated heterocycles. The second-order valence-corrected chi connectivity index (χ2v) is 11.0. The number of anilines is 2. The smallest absolute Gasteiger partial charge is 0.254 e.